The molecule has 0 unspecified atom stereocenters. The Kier molecular flexibility index (Phi) is 5.50. The maximum Gasteiger partial charge on any atom is 0.274 e. The lowest BCUT2D eigenvalue weighted by Crippen LogP contribution is -2.50. The lowest BCUT2D eigenvalue weighted by molar-refractivity contribution is -0.119. The van der Waals surface area contributed by atoms with Gasteiger partial charge >= 0.3 is 0 Å². The third-order valence-corrected chi connectivity index (χ3v) is 5.39. The fourth-order valence-corrected chi connectivity index (χ4v) is 3.73. The van der Waals surface area contributed by atoms with Crippen LogP contribution in [-0.4, -0.2) is 70.2 Å². The zero-order chi connectivity index (χ0) is 20.2. The van der Waals surface area contributed by atoms with Gasteiger partial charge < -0.3 is 14.7 Å². The van der Waals surface area contributed by atoms with Crippen LogP contribution < -0.4 is 4.90 Å². The van der Waals surface area contributed by atoms with Gasteiger partial charge in [-0.05, 0) is 37.1 Å². The fourth-order valence-electron chi connectivity index (χ4n) is 3.73. The molecular formula is C21H23N5O3. The molecule has 2 aliphatic rings. The summed E-state index contributed by atoms with van der Waals surface area (Å²) in [6.07, 6.45) is 7.00. The Morgan fingerprint density at radius 3 is 2.14 bits per heavy atom. The molecule has 0 N–H and O–H groups in total. The molecule has 1 aromatic carbocycles. The number of benzene rings is 1. The van der Waals surface area contributed by atoms with Gasteiger partial charge in [-0.1, -0.05) is 0 Å². The van der Waals surface area contributed by atoms with E-state index in [1.807, 2.05) is 12.1 Å². The second-order valence-corrected chi connectivity index (χ2v) is 7.22. The van der Waals surface area contributed by atoms with Gasteiger partial charge in [0.25, 0.3) is 11.8 Å². The zero-order valence-electron chi connectivity index (χ0n) is 16.2. The Morgan fingerprint density at radius 2 is 1.52 bits per heavy atom. The van der Waals surface area contributed by atoms with Gasteiger partial charge in [-0.15, -0.1) is 0 Å². The van der Waals surface area contributed by atoms with Crippen molar-refractivity contribution in [2.75, 3.05) is 37.6 Å². The first kappa shape index (κ1) is 19.0. The Morgan fingerprint density at radius 1 is 0.828 bits per heavy atom. The monoisotopic (exact) mass is 393 g/mol. The average Bonchev–Trinajstić information content (AvgIpc) is 2.79. The third-order valence-electron chi connectivity index (χ3n) is 5.39. The lowest BCUT2D eigenvalue weighted by Gasteiger charge is -2.34. The van der Waals surface area contributed by atoms with E-state index in [1.54, 1.807) is 26.8 Å². The molecule has 3 heterocycles. The number of nitrogens with zero attached hydrogens (tertiary/aromatic N) is 5. The third kappa shape index (κ3) is 4.11. The molecule has 1 aromatic heterocycles. The lowest BCUT2D eigenvalue weighted by atomic mass is 10.1. The van der Waals surface area contributed by atoms with E-state index in [2.05, 4.69) is 9.97 Å². The van der Waals surface area contributed by atoms with E-state index in [4.69, 9.17) is 0 Å². The molecule has 2 saturated heterocycles. The van der Waals surface area contributed by atoms with E-state index in [-0.39, 0.29) is 17.7 Å². The molecular weight excluding hydrogens is 370 g/mol. The van der Waals surface area contributed by atoms with Gasteiger partial charge in [0.05, 0.1) is 6.20 Å². The van der Waals surface area contributed by atoms with Crippen LogP contribution in [0.5, 0.6) is 0 Å². The van der Waals surface area contributed by atoms with Crippen molar-refractivity contribution in [3.05, 3.63) is 54.1 Å². The zero-order valence-corrected chi connectivity index (χ0v) is 16.2. The second kappa shape index (κ2) is 8.38. The van der Waals surface area contributed by atoms with Gasteiger partial charge in [0.2, 0.25) is 5.91 Å². The van der Waals surface area contributed by atoms with Crippen LogP contribution in [0.4, 0.5) is 5.69 Å². The summed E-state index contributed by atoms with van der Waals surface area (Å²) in [7, 11) is 0. The summed E-state index contributed by atoms with van der Waals surface area (Å²) < 4.78 is 0. The number of amides is 3. The molecule has 0 bridgehead atoms. The molecule has 0 spiro atoms. The Hall–Kier alpha value is -3.29. The SMILES string of the molecule is O=C(c1ccc(N2CCCCC2=O)cc1)N1CCN(C(=O)c2cnccn2)CC1. The Balaban J connectivity index is 1.36. The first-order chi connectivity index (χ1) is 14.1. The largest absolute Gasteiger partial charge is 0.335 e. The molecule has 0 radical (unpaired) electrons. The van der Waals surface area contributed by atoms with Crippen molar-refractivity contribution >= 4 is 23.4 Å². The smallest absolute Gasteiger partial charge is 0.274 e. The van der Waals surface area contributed by atoms with Crippen molar-refractivity contribution in [3.63, 3.8) is 0 Å². The molecule has 4 rings (SSSR count). The summed E-state index contributed by atoms with van der Waals surface area (Å²) >= 11 is 0. The quantitative estimate of drug-likeness (QED) is 0.790. The molecule has 0 atom stereocenters. The van der Waals surface area contributed by atoms with E-state index in [0.29, 0.717) is 43.9 Å². The molecule has 3 amide bonds. The fraction of sp³-hybridized carbons (Fsp3) is 0.381. The maximum atomic E-state index is 12.8. The number of piperidine rings is 1. The Labute approximate surface area is 169 Å². The van der Waals surface area contributed by atoms with Crippen LogP contribution in [0.15, 0.2) is 42.9 Å². The van der Waals surface area contributed by atoms with Gasteiger partial charge in [-0.2, -0.15) is 0 Å². The molecule has 2 fully saturated rings. The summed E-state index contributed by atoms with van der Waals surface area (Å²) in [5, 5.41) is 0. The highest BCUT2D eigenvalue weighted by molar-refractivity contribution is 5.97. The van der Waals surface area contributed by atoms with E-state index in [9.17, 15) is 14.4 Å². The summed E-state index contributed by atoms with van der Waals surface area (Å²) in [5.41, 5.74) is 1.74. The van der Waals surface area contributed by atoms with Crippen LogP contribution in [0.1, 0.15) is 40.1 Å². The maximum absolute atomic E-state index is 12.8. The second-order valence-electron chi connectivity index (χ2n) is 7.22. The van der Waals surface area contributed by atoms with Crippen molar-refractivity contribution in [2.45, 2.75) is 19.3 Å². The van der Waals surface area contributed by atoms with Crippen molar-refractivity contribution in [2.24, 2.45) is 0 Å². The molecule has 0 aliphatic carbocycles. The molecule has 0 saturated carbocycles. The predicted molar refractivity (Wildman–Crippen MR) is 106 cm³/mol. The van der Waals surface area contributed by atoms with E-state index in [0.717, 1.165) is 25.1 Å². The Bertz CT molecular complexity index is 892. The van der Waals surface area contributed by atoms with Gasteiger partial charge in [0.15, 0.2) is 0 Å². The van der Waals surface area contributed by atoms with E-state index < -0.39 is 0 Å². The summed E-state index contributed by atoms with van der Waals surface area (Å²) in [6.45, 7) is 2.59. The topological polar surface area (TPSA) is 86.7 Å². The minimum Gasteiger partial charge on any atom is -0.335 e. The van der Waals surface area contributed by atoms with Gasteiger partial charge in [-0.25, -0.2) is 4.98 Å². The predicted octanol–water partition coefficient (Wildman–Crippen LogP) is 1.59. The molecule has 2 aromatic rings. The van der Waals surface area contributed by atoms with Crippen molar-refractivity contribution < 1.29 is 14.4 Å². The summed E-state index contributed by atoms with van der Waals surface area (Å²) in [5.74, 6) is -0.0897. The van der Waals surface area contributed by atoms with Gasteiger partial charge in [0.1, 0.15) is 5.69 Å². The van der Waals surface area contributed by atoms with Crippen LogP contribution in [0.3, 0.4) is 0 Å². The summed E-state index contributed by atoms with van der Waals surface area (Å²) in [4.78, 5) is 50.5. The van der Waals surface area contributed by atoms with Crippen molar-refractivity contribution in [1.82, 2.24) is 19.8 Å². The highest BCUT2D eigenvalue weighted by Gasteiger charge is 2.26. The number of rotatable bonds is 3. The average molecular weight is 393 g/mol. The van der Waals surface area contributed by atoms with Crippen LogP contribution in [0.2, 0.25) is 0 Å². The highest BCUT2D eigenvalue weighted by Crippen LogP contribution is 2.22. The molecule has 2 aliphatic heterocycles. The van der Waals surface area contributed by atoms with Crippen LogP contribution in [-0.2, 0) is 4.79 Å². The van der Waals surface area contributed by atoms with Crippen molar-refractivity contribution in [3.8, 4) is 0 Å². The van der Waals surface area contributed by atoms with Crippen LogP contribution in [0, 0.1) is 0 Å². The standard InChI is InChI=1S/C21H23N5O3/c27-19-3-1-2-10-26(19)17-6-4-16(5-7-17)20(28)24-11-13-25(14-12-24)21(29)18-15-22-8-9-23-18/h4-9,15H,1-3,10-14H2. The highest BCUT2D eigenvalue weighted by atomic mass is 16.2. The number of anilines is 1. The number of aromatic nitrogens is 2. The first-order valence-electron chi connectivity index (χ1n) is 9.88. The first-order valence-corrected chi connectivity index (χ1v) is 9.88. The number of hydrogen-bond acceptors (Lipinski definition) is 5. The van der Waals surface area contributed by atoms with Crippen molar-refractivity contribution in [1.29, 1.82) is 0 Å². The minimum absolute atomic E-state index is 0.0619. The molecule has 8 nitrogen and oxygen atoms in total. The van der Waals surface area contributed by atoms with E-state index in [1.165, 1.54) is 18.6 Å². The van der Waals surface area contributed by atoms with Gasteiger partial charge in [0, 0.05) is 62.8 Å². The number of hydrogen-bond donors (Lipinski definition) is 0. The van der Waals surface area contributed by atoms with Crippen LogP contribution in [0.25, 0.3) is 0 Å². The number of carbonyl (C=O) groups excluding carboxylic acids is 3. The molecule has 150 valence electrons. The summed E-state index contributed by atoms with van der Waals surface area (Å²) in [6, 6.07) is 7.22. The van der Waals surface area contributed by atoms with Gasteiger partial charge in [-0.3, -0.25) is 19.4 Å². The number of piperazine rings is 1. The van der Waals surface area contributed by atoms with E-state index >= 15 is 0 Å². The molecule has 29 heavy (non-hydrogen) atoms. The minimum atomic E-state index is -0.166. The molecule has 8 heteroatoms. The van der Waals surface area contributed by atoms with Crippen LogP contribution >= 0.6 is 0 Å². The normalized spacial score (nSPS) is 17.4. The number of carbonyl (C=O) groups is 3.